The van der Waals surface area contributed by atoms with Crippen LogP contribution in [0, 0.1) is 5.92 Å². The number of ether oxygens (including phenoxy) is 2. The Hall–Kier alpha value is -4.11. The maximum atomic E-state index is 14.3. The summed E-state index contributed by atoms with van der Waals surface area (Å²) in [6, 6.07) is 18.1. The summed E-state index contributed by atoms with van der Waals surface area (Å²) in [6.45, 7) is 8.81. The molecule has 1 unspecified atom stereocenters. The minimum Gasteiger partial charge on any atom is -0.494 e. The van der Waals surface area contributed by atoms with E-state index < -0.39 is 43.6 Å². The third-order valence-corrected chi connectivity index (χ3v) is 14.3. The van der Waals surface area contributed by atoms with Crippen LogP contribution < -0.4 is 20.3 Å². The van der Waals surface area contributed by atoms with Crippen LogP contribution in [0.4, 0.5) is 17.1 Å². The SMILES string of the molecule is CCOc1ccc2c(c1)CC(NCCCCO)C(=O)N2c1ccc2c(c1)[C@]1(O[C@@H](CC(=O)N3Cc4ccccc4C[C@H]3CO)[C@H]([Si](C)(C)O)[C@H]1C)C(=O)N2. The van der Waals surface area contributed by atoms with Crippen molar-refractivity contribution in [3.8, 4) is 5.75 Å². The average Bonchev–Trinajstić information content (AvgIpc) is 3.61. The van der Waals surface area contributed by atoms with Gasteiger partial charge in [0.2, 0.25) is 11.8 Å². The van der Waals surface area contributed by atoms with E-state index in [0.717, 1.165) is 28.8 Å². The Morgan fingerprint density at radius 1 is 1.04 bits per heavy atom. The van der Waals surface area contributed by atoms with E-state index in [4.69, 9.17) is 9.47 Å². The Morgan fingerprint density at radius 2 is 1.81 bits per heavy atom. The minimum absolute atomic E-state index is 0.0570. The normalized spacial score (nSPS) is 26.1. The maximum absolute atomic E-state index is 14.3. The quantitative estimate of drug-likeness (QED) is 0.135. The van der Waals surface area contributed by atoms with Crippen LogP contribution in [0.2, 0.25) is 18.6 Å². The fourth-order valence-electron chi connectivity index (χ4n) is 9.28. The molecule has 1 fully saturated rings. The van der Waals surface area contributed by atoms with Gasteiger partial charge in [0.15, 0.2) is 13.9 Å². The van der Waals surface area contributed by atoms with Gasteiger partial charge in [0.25, 0.3) is 5.91 Å². The molecule has 1 saturated heterocycles. The lowest BCUT2D eigenvalue weighted by molar-refractivity contribution is -0.149. The van der Waals surface area contributed by atoms with Crippen LogP contribution in [-0.2, 0) is 44.1 Å². The Labute approximate surface area is 317 Å². The van der Waals surface area contributed by atoms with Crippen molar-refractivity contribution in [3.63, 3.8) is 0 Å². The predicted octanol–water partition coefficient (Wildman–Crippen LogP) is 4.12. The summed E-state index contributed by atoms with van der Waals surface area (Å²) in [5.74, 6) is -0.507. The minimum atomic E-state index is -3.06. The molecule has 6 atom stereocenters. The fraction of sp³-hybridized carbons (Fsp3) is 0.488. The van der Waals surface area contributed by atoms with Gasteiger partial charge in [0.05, 0.1) is 43.5 Å². The molecule has 4 aliphatic heterocycles. The molecule has 4 heterocycles. The number of anilines is 3. The van der Waals surface area contributed by atoms with Gasteiger partial charge in [-0.1, -0.05) is 31.2 Å². The zero-order valence-electron chi connectivity index (χ0n) is 31.5. The highest BCUT2D eigenvalue weighted by atomic mass is 28.4. The number of rotatable bonds is 12. The molecular formula is C41H52N4O8Si. The third-order valence-electron chi connectivity index (χ3n) is 11.8. The van der Waals surface area contributed by atoms with Crippen molar-refractivity contribution >= 4 is 43.1 Å². The summed E-state index contributed by atoms with van der Waals surface area (Å²) in [6.07, 6.45) is 1.53. The second kappa shape index (κ2) is 15.2. The highest BCUT2D eigenvalue weighted by molar-refractivity contribution is 6.71. The first-order chi connectivity index (χ1) is 25.9. The van der Waals surface area contributed by atoms with Gasteiger partial charge in [-0.25, -0.2) is 0 Å². The number of unbranched alkanes of at least 4 members (excludes halogenated alkanes) is 1. The second-order valence-electron chi connectivity index (χ2n) is 15.6. The number of nitrogens with zero attached hydrogens (tertiary/aromatic N) is 2. The van der Waals surface area contributed by atoms with E-state index in [9.17, 15) is 29.4 Å². The van der Waals surface area contributed by atoms with Gasteiger partial charge in [0, 0.05) is 41.5 Å². The van der Waals surface area contributed by atoms with Crippen molar-refractivity contribution in [1.29, 1.82) is 0 Å². The number of hydrogen-bond acceptors (Lipinski definition) is 9. The van der Waals surface area contributed by atoms with Gasteiger partial charge in [-0.15, -0.1) is 0 Å². The van der Waals surface area contributed by atoms with Gasteiger partial charge in [-0.2, -0.15) is 0 Å². The molecule has 3 aromatic rings. The topological polar surface area (TPSA) is 161 Å². The lowest BCUT2D eigenvalue weighted by Gasteiger charge is -2.37. The van der Waals surface area contributed by atoms with Crippen molar-refractivity contribution < 1.29 is 38.9 Å². The summed E-state index contributed by atoms with van der Waals surface area (Å²) in [5, 5.41) is 26.0. The van der Waals surface area contributed by atoms with E-state index in [1.54, 1.807) is 15.9 Å². The highest BCUT2D eigenvalue weighted by Gasteiger charge is 2.65. The first-order valence-electron chi connectivity index (χ1n) is 19.2. The number of benzene rings is 3. The van der Waals surface area contributed by atoms with Gasteiger partial charge in [-0.3, -0.25) is 19.3 Å². The van der Waals surface area contributed by atoms with Crippen LogP contribution in [0.5, 0.6) is 5.75 Å². The Morgan fingerprint density at radius 3 is 2.54 bits per heavy atom. The lowest BCUT2D eigenvalue weighted by atomic mass is 9.82. The first-order valence-corrected chi connectivity index (χ1v) is 22.2. The smallest absolute Gasteiger partial charge is 0.261 e. The molecule has 0 bridgehead atoms. The molecular weight excluding hydrogens is 705 g/mol. The number of fused-ring (bicyclic) bond motifs is 4. The highest BCUT2D eigenvalue weighted by Crippen LogP contribution is 2.59. The van der Waals surface area contributed by atoms with Gasteiger partial charge in [0.1, 0.15) is 5.75 Å². The van der Waals surface area contributed by atoms with Gasteiger partial charge < -0.3 is 40.0 Å². The molecule has 54 heavy (non-hydrogen) atoms. The molecule has 5 N–H and O–H groups in total. The number of aliphatic hydroxyl groups is 2. The molecule has 12 nitrogen and oxygen atoms in total. The Kier molecular flexibility index (Phi) is 10.7. The number of amides is 3. The number of nitrogens with one attached hydrogen (secondary N) is 2. The zero-order valence-corrected chi connectivity index (χ0v) is 32.5. The molecule has 13 heteroatoms. The van der Waals surface area contributed by atoms with Crippen molar-refractivity contribution in [2.45, 2.75) is 94.9 Å². The molecule has 3 aromatic carbocycles. The van der Waals surface area contributed by atoms with E-state index in [1.165, 1.54) is 0 Å². The summed E-state index contributed by atoms with van der Waals surface area (Å²) in [5.41, 5.74) is 3.48. The molecule has 288 valence electrons. The Balaban J connectivity index is 1.23. The second-order valence-corrected chi connectivity index (χ2v) is 19.6. The maximum Gasteiger partial charge on any atom is 0.261 e. The molecule has 0 radical (unpaired) electrons. The summed E-state index contributed by atoms with van der Waals surface area (Å²) < 4.78 is 12.7. The molecule has 0 saturated carbocycles. The van der Waals surface area contributed by atoms with E-state index in [0.29, 0.717) is 61.6 Å². The van der Waals surface area contributed by atoms with Crippen LogP contribution >= 0.6 is 0 Å². The van der Waals surface area contributed by atoms with Crippen LogP contribution in [0.3, 0.4) is 0 Å². The van der Waals surface area contributed by atoms with E-state index in [-0.39, 0.29) is 37.4 Å². The van der Waals surface area contributed by atoms with Crippen LogP contribution in [0.25, 0.3) is 0 Å². The van der Waals surface area contributed by atoms with Crippen LogP contribution in [0.1, 0.15) is 55.4 Å². The monoisotopic (exact) mass is 756 g/mol. The fourth-order valence-corrected chi connectivity index (χ4v) is 11.8. The average molecular weight is 757 g/mol. The summed E-state index contributed by atoms with van der Waals surface area (Å²) in [7, 11) is -3.06. The number of hydrogen-bond donors (Lipinski definition) is 5. The molecule has 3 amide bonds. The van der Waals surface area contributed by atoms with Gasteiger partial charge in [-0.05, 0) is 105 Å². The zero-order chi connectivity index (χ0) is 38.4. The molecule has 4 aliphatic rings. The van der Waals surface area contributed by atoms with Crippen molar-refractivity contribution in [2.75, 3.05) is 36.6 Å². The standard InChI is InChI=1S/C41H52N4O8Si/c1-5-52-31-13-15-35-28(19-31)20-34(42-16-8-9-17-46)39(49)45(35)29-12-14-33-32(21-29)41(40(50)43-33)25(2)38(54(3,4)51)36(53-41)22-37(48)44-23-27-11-7-6-10-26(27)18-30(44)24-47/h6-7,10-15,19,21,25,30,34,36,38,42,46-47,51H,5,8-9,16-18,20,22-24H2,1-4H3,(H,43,50)/t25-,30+,34?,36+,38-,41+/m1/s1. The lowest BCUT2D eigenvalue weighted by Crippen LogP contribution is -2.49. The summed E-state index contributed by atoms with van der Waals surface area (Å²) in [4.78, 5) is 57.9. The van der Waals surface area contributed by atoms with E-state index >= 15 is 0 Å². The molecule has 0 aliphatic carbocycles. The molecule has 1 spiro atoms. The first kappa shape index (κ1) is 38.2. The van der Waals surface area contributed by atoms with Crippen LogP contribution in [-0.4, -0.2) is 90.5 Å². The predicted molar refractivity (Wildman–Crippen MR) is 207 cm³/mol. The van der Waals surface area contributed by atoms with Crippen molar-refractivity contribution in [3.05, 3.63) is 82.9 Å². The summed E-state index contributed by atoms with van der Waals surface area (Å²) >= 11 is 0. The number of aliphatic hydroxyl groups excluding tert-OH is 2. The van der Waals surface area contributed by atoms with E-state index in [2.05, 4.69) is 10.6 Å². The van der Waals surface area contributed by atoms with Crippen molar-refractivity contribution in [1.82, 2.24) is 10.2 Å². The number of carbonyl (C=O) groups excluding carboxylic acids is 3. The van der Waals surface area contributed by atoms with E-state index in [1.807, 2.05) is 81.5 Å². The van der Waals surface area contributed by atoms with Crippen molar-refractivity contribution in [2.24, 2.45) is 5.92 Å². The van der Waals surface area contributed by atoms with Crippen LogP contribution in [0.15, 0.2) is 60.7 Å². The third kappa shape index (κ3) is 6.75. The largest absolute Gasteiger partial charge is 0.494 e. The number of carbonyl (C=O) groups is 3. The molecule has 0 aromatic heterocycles. The van der Waals surface area contributed by atoms with Gasteiger partial charge >= 0.3 is 0 Å². The molecule has 7 rings (SSSR count). The Bertz CT molecular complexity index is 1920.